The van der Waals surface area contributed by atoms with Crippen LogP contribution in [0.15, 0.2) is 41.3 Å². The second kappa shape index (κ2) is 7.46. The summed E-state index contributed by atoms with van der Waals surface area (Å²) < 4.78 is 53.5. The van der Waals surface area contributed by atoms with E-state index >= 15 is 0 Å². The minimum absolute atomic E-state index is 0.0720. The van der Waals surface area contributed by atoms with Gasteiger partial charge in [0, 0.05) is 13.0 Å². The highest BCUT2D eigenvalue weighted by atomic mass is 32.2. The minimum atomic E-state index is -3.88. The summed E-state index contributed by atoms with van der Waals surface area (Å²) in [5, 5.41) is 0. The third-order valence-electron chi connectivity index (χ3n) is 4.88. The van der Waals surface area contributed by atoms with Crippen LogP contribution >= 0.6 is 0 Å². The molecule has 0 unspecified atom stereocenters. The van der Waals surface area contributed by atoms with Gasteiger partial charge in [0.15, 0.2) is 0 Å². The van der Waals surface area contributed by atoms with Gasteiger partial charge in [0.1, 0.15) is 0 Å². The van der Waals surface area contributed by atoms with Gasteiger partial charge in [-0.1, -0.05) is 12.1 Å². The van der Waals surface area contributed by atoms with E-state index < -0.39 is 26.0 Å². The predicted octanol–water partition coefficient (Wildman–Crippen LogP) is 2.89. The van der Waals surface area contributed by atoms with E-state index in [9.17, 15) is 21.6 Å². The first-order chi connectivity index (χ1) is 13.5. The Bertz CT molecular complexity index is 1160. The van der Waals surface area contributed by atoms with Crippen molar-refractivity contribution < 1.29 is 21.6 Å². The highest BCUT2D eigenvalue weighted by Crippen LogP contribution is 2.34. The van der Waals surface area contributed by atoms with Gasteiger partial charge in [0.2, 0.25) is 15.9 Å². The molecule has 0 spiro atoms. The summed E-state index contributed by atoms with van der Waals surface area (Å²) in [6.45, 7) is 7.11. The maximum absolute atomic E-state index is 13.5. The van der Waals surface area contributed by atoms with Crippen LogP contribution in [0.1, 0.15) is 30.0 Å². The summed E-state index contributed by atoms with van der Waals surface area (Å²) in [6, 6.07) is 10.1. The molecule has 1 heterocycles. The van der Waals surface area contributed by atoms with E-state index in [4.69, 9.17) is 0 Å². The number of aryl methyl sites for hydroxylation is 3. The first kappa shape index (κ1) is 21.3. The second-order valence-corrected chi connectivity index (χ2v) is 10.9. The molecule has 1 aliphatic rings. The lowest BCUT2D eigenvalue weighted by Crippen LogP contribution is -2.32. The molecule has 9 heteroatoms. The normalized spacial score (nSPS) is 16.3. The zero-order valence-electron chi connectivity index (χ0n) is 16.8. The van der Waals surface area contributed by atoms with Crippen LogP contribution in [0.2, 0.25) is 0 Å². The van der Waals surface area contributed by atoms with E-state index in [2.05, 4.69) is 0 Å². The van der Waals surface area contributed by atoms with Gasteiger partial charge in [-0.3, -0.25) is 9.10 Å². The van der Waals surface area contributed by atoms with Gasteiger partial charge in [-0.05, 0) is 68.7 Å². The summed E-state index contributed by atoms with van der Waals surface area (Å²) in [4.78, 5) is 12.2. The number of benzene rings is 2. The van der Waals surface area contributed by atoms with E-state index in [-0.39, 0.29) is 29.3 Å². The average molecular weight is 437 g/mol. The summed E-state index contributed by atoms with van der Waals surface area (Å²) >= 11 is 0. The molecular formula is C20H24N2O5S2. The van der Waals surface area contributed by atoms with Crippen molar-refractivity contribution in [1.29, 1.82) is 0 Å². The lowest BCUT2D eigenvalue weighted by molar-refractivity contribution is -0.116. The van der Waals surface area contributed by atoms with Crippen molar-refractivity contribution in [2.45, 2.75) is 39.0 Å². The summed E-state index contributed by atoms with van der Waals surface area (Å²) in [7, 11) is -7.60. The average Bonchev–Trinajstić information content (AvgIpc) is 2.87. The van der Waals surface area contributed by atoms with Gasteiger partial charge in [0.05, 0.1) is 22.0 Å². The smallest absolute Gasteiger partial charge is 0.264 e. The lowest BCUT2D eigenvalue weighted by atomic mass is 10.1. The highest BCUT2D eigenvalue weighted by molar-refractivity contribution is 7.94. The number of carbonyl (C=O) groups is 1. The molecular weight excluding hydrogens is 412 g/mol. The number of anilines is 2. The van der Waals surface area contributed by atoms with Gasteiger partial charge in [-0.15, -0.1) is 0 Å². The largest absolute Gasteiger partial charge is 0.273 e. The molecule has 3 rings (SSSR count). The van der Waals surface area contributed by atoms with Crippen molar-refractivity contribution in [1.82, 2.24) is 0 Å². The third kappa shape index (κ3) is 3.76. The van der Waals surface area contributed by atoms with Crippen LogP contribution in [-0.2, 0) is 24.8 Å². The molecule has 1 aliphatic heterocycles. The molecule has 156 valence electrons. The Labute approximate surface area is 172 Å². The Balaban J connectivity index is 2.12. The highest BCUT2D eigenvalue weighted by Gasteiger charge is 2.37. The van der Waals surface area contributed by atoms with Crippen LogP contribution in [0, 0.1) is 20.8 Å². The molecule has 0 N–H and O–H groups in total. The van der Waals surface area contributed by atoms with E-state index in [1.54, 1.807) is 39.0 Å². The van der Waals surface area contributed by atoms with Crippen LogP contribution in [0.5, 0.6) is 0 Å². The van der Waals surface area contributed by atoms with E-state index in [1.807, 2.05) is 13.0 Å². The van der Waals surface area contributed by atoms with Crippen molar-refractivity contribution in [3.05, 3.63) is 53.1 Å². The van der Waals surface area contributed by atoms with E-state index in [0.717, 1.165) is 9.87 Å². The summed E-state index contributed by atoms with van der Waals surface area (Å²) in [5.41, 5.74) is 2.47. The number of nitrogens with zero attached hydrogens (tertiary/aromatic N) is 2. The molecule has 0 aliphatic carbocycles. The van der Waals surface area contributed by atoms with Crippen molar-refractivity contribution in [3.8, 4) is 0 Å². The van der Waals surface area contributed by atoms with Crippen molar-refractivity contribution in [3.63, 3.8) is 0 Å². The first-order valence-electron chi connectivity index (χ1n) is 9.25. The van der Waals surface area contributed by atoms with Gasteiger partial charge < -0.3 is 0 Å². The topological polar surface area (TPSA) is 91.8 Å². The number of rotatable bonds is 5. The molecule has 1 amide bonds. The molecule has 1 saturated heterocycles. The molecule has 2 aromatic rings. The molecule has 7 nitrogen and oxygen atoms in total. The van der Waals surface area contributed by atoms with Crippen molar-refractivity contribution >= 4 is 37.3 Å². The molecule has 0 bridgehead atoms. The van der Waals surface area contributed by atoms with Gasteiger partial charge in [-0.25, -0.2) is 21.1 Å². The standard InChI is InChI=1S/C20H24N2O5S2/c1-5-21(17-8-6-7-14(2)11-17)29(26,27)20-15(3)12-18(13-16(20)4)22-19(23)9-10-28(22,24)25/h6-8,11-13H,5,9-10H2,1-4H3. The predicted molar refractivity (Wildman–Crippen MR) is 113 cm³/mol. The minimum Gasteiger partial charge on any atom is -0.273 e. The number of hydrogen-bond acceptors (Lipinski definition) is 5. The van der Waals surface area contributed by atoms with E-state index in [0.29, 0.717) is 16.8 Å². The van der Waals surface area contributed by atoms with Crippen molar-refractivity contribution in [2.75, 3.05) is 20.9 Å². The number of amides is 1. The Kier molecular flexibility index (Phi) is 5.48. The zero-order valence-corrected chi connectivity index (χ0v) is 18.5. The Morgan fingerprint density at radius 3 is 2.17 bits per heavy atom. The Morgan fingerprint density at radius 1 is 1.07 bits per heavy atom. The van der Waals surface area contributed by atoms with Gasteiger partial charge in [0.25, 0.3) is 10.0 Å². The SMILES string of the molecule is CCN(c1cccc(C)c1)S(=O)(=O)c1c(C)cc(N2C(=O)CCS2(=O)=O)cc1C. The quantitative estimate of drug-likeness (QED) is 0.719. The molecule has 0 atom stereocenters. The first-order valence-corrected chi connectivity index (χ1v) is 12.3. The monoisotopic (exact) mass is 436 g/mol. The zero-order chi connectivity index (χ0) is 21.6. The van der Waals surface area contributed by atoms with Crippen LogP contribution < -0.4 is 8.61 Å². The fraction of sp³-hybridized carbons (Fsp3) is 0.350. The molecule has 29 heavy (non-hydrogen) atoms. The molecule has 0 radical (unpaired) electrons. The fourth-order valence-electron chi connectivity index (χ4n) is 3.70. The van der Waals surface area contributed by atoms with Crippen LogP contribution in [0.25, 0.3) is 0 Å². The van der Waals surface area contributed by atoms with Crippen molar-refractivity contribution in [2.24, 2.45) is 0 Å². The fourth-order valence-corrected chi connectivity index (χ4v) is 7.03. The number of carbonyl (C=O) groups excluding carboxylic acids is 1. The number of sulfonamides is 2. The second-order valence-electron chi connectivity index (χ2n) is 7.14. The third-order valence-corrected chi connectivity index (χ3v) is 8.78. The lowest BCUT2D eigenvalue weighted by Gasteiger charge is -2.26. The molecule has 0 aromatic heterocycles. The molecule has 0 saturated carbocycles. The summed E-state index contributed by atoms with van der Waals surface area (Å²) in [5.74, 6) is -0.740. The molecule has 1 fully saturated rings. The van der Waals surface area contributed by atoms with E-state index in [1.165, 1.54) is 16.4 Å². The van der Waals surface area contributed by atoms with Gasteiger partial charge in [-0.2, -0.15) is 0 Å². The Hall–Kier alpha value is -2.39. The molecule has 2 aromatic carbocycles. The van der Waals surface area contributed by atoms with Crippen LogP contribution in [0.4, 0.5) is 11.4 Å². The van der Waals surface area contributed by atoms with Gasteiger partial charge >= 0.3 is 0 Å². The maximum Gasteiger partial charge on any atom is 0.264 e. The summed E-state index contributed by atoms with van der Waals surface area (Å²) in [6.07, 6.45) is -0.0720. The van der Waals surface area contributed by atoms with Crippen LogP contribution in [-0.4, -0.2) is 35.0 Å². The number of hydrogen-bond donors (Lipinski definition) is 0. The Morgan fingerprint density at radius 2 is 1.69 bits per heavy atom. The van der Waals surface area contributed by atoms with Crippen LogP contribution in [0.3, 0.4) is 0 Å². The maximum atomic E-state index is 13.5.